The lowest BCUT2D eigenvalue weighted by atomic mass is 9.91. The van der Waals surface area contributed by atoms with Crippen molar-refractivity contribution < 1.29 is 42.6 Å². The van der Waals surface area contributed by atoms with Gasteiger partial charge < -0.3 is 23.9 Å². The molecule has 0 spiro atoms. The number of esters is 3. The number of ether oxygens (including phenoxy) is 3. The Morgan fingerprint density at radius 2 is 1.23 bits per heavy atom. The second kappa shape index (κ2) is 25.1. The summed E-state index contributed by atoms with van der Waals surface area (Å²) >= 11 is 0. The lowest BCUT2D eigenvalue weighted by Gasteiger charge is -2.22. The summed E-state index contributed by atoms with van der Waals surface area (Å²) in [7, 11) is 0. The van der Waals surface area contributed by atoms with Crippen molar-refractivity contribution in [2.45, 2.75) is 85.6 Å². The molecule has 0 saturated carbocycles. The van der Waals surface area contributed by atoms with Crippen molar-refractivity contribution in [2.75, 3.05) is 25.1 Å². The Bertz CT molecular complexity index is 1570. The highest BCUT2D eigenvalue weighted by Gasteiger charge is 2.40. The quantitative estimate of drug-likeness (QED) is 0.166. The number of hydrogen-bond donors (Lipinski definition) is 2. The fraction of sp³-hybridized carbons (Fsp3) is 0.457. The summed E-state index contributed by atoms with van der Waals surface area (Å²) in [5.41, 5.74) is 2.55. The highest BCUT2D eigenvalue weighted by Crippen LogP contribution is 2.27. The smallest absolute Gasteiger partial charge is 0.419 e. The van der Waals surface area contributed by atoms with E-state index in [0.717, 1.165) is 11.1 Å². The number of carbonyl (C=O) groups excluding carboxylic acids is 5. The molecule has 272 valence electrons. The Labute approximate surface area is 284 Å². The number of ketones is 1. The van der Waals surface area contributed by atoms with Gasteiger partial charge in [0.1, 0.15) is 6.42 Å². The van der Waals surface area contributed by atoms with E-state index in [4.69, 9.17) is 4.74 Å². The number of rotatable bonds is 6. The van der Waals surface area contributed by atoms with Crippen molar-refractivity contribution in [2.24, 2.45) is 5.92 Å². The van der Waals surface area contributed by atoms with Crippen LogP contribution in [0.4, 0.5) is 5.69 Å². The number of hydrogen-bond acceptors (Lipinski definition) is 11. The number of nitrogens with one attached hydrogen (secondary N) is 2. The predicted molar refractivity (Wildman–Crippen MR) is 190 cm³/mol. The number of amides is 1. The molecule has 0 aliphatic carbocycles. The number of fused-ring (bicyclic) bond motifs is 2. The Balaban J connectivity index is -0.000000187. The summed E-state index contributed by atoms with van der Waals surface area (Å²) in [6.45, 7) is 9.41. The predicted octanol–water partition coefficient (Wildman–Crippen LogP) is 6.42. The molecule has 13 heteroatoms. The van der Waals surface area contributed by atoms with Crippen LogP contribution in [0.1, 0.15) is 93.2 Å². The third-order valence-electron chi connectivity index (χ3n) is 5.46. The highest BCUT2D eigenvalue weighted by molar-refractivity contribution is 6.29. The van der Waals surface area contributed by atoms with Crippen LogP contribution in [-0.2, 0) is 33.4 Å². The Hall–Kier alpha value is -5.07. The second-order valence-corrected chi connectivity index (χ2v) is 8.73. The molecule has 1 unspecified atom stereocenters. The molecule has 3 aromatic rings. The van der Waals surface area contributed by atoms with E-state index in [1.165, 1.54) is 0 Å². The van der Waals surface area contributed by atoms with Crippen molar-refractivity contribution >= 4 is 46.2 Å². The van der Waals surface area contributed by atoms with Gasteiger partial charge in [-0.1, -0.05) is 67.8 Å². The Morgan fingerprint density at radius 3 is 1.75 bits per heavy atom. The number of carbonyl (C=O) groups is 5. The number of anilines is 1. The fourth-order valence-corrected chi connectivity index (χ4v) is 3.64. The summed E-state index contributed by atoms with van der Waals surface area (Å²) in [6.07, 6.45) is -0.290. The van der Waals surface area contributed by atoms with Crippen LogP contribution >= 0.6 is 0 Å². The monoisotopic (exact) mass is 680 g/mol. The van der Waals surface area contributed by atoms with Gasteiger partial charge in [0.15, 0.2) is 11.7 Å². The molecule has 0 fully saturated rings. The van der Waals surface area contributed by atoms with E-state index >= 15 is 0 Å². The lowest BCUT2D eigenvalue weighted by Crippen LogP contribution is -2.41. The van der Waals surface area contributed by atoms with E-state index in [1.54, 1.807) is 51.1 Å². The standard InChI is InChI=1S/C13H13NO4.C9H7NO3.C7H12O4.6CH4/c1-3-18-13(17)10-11(15)8-6-7(2)4-5-9(8)14-12(10)16;1-5-2-3-7-6(4-5)8(11)13-9(12)10-7;1-3-10-6(8)5-7(9)11-4-2;;;;;;/h4-6,10H,3H2,1-2H3,(H,14,16);2-4H,1H3,(H,10,12);3-5H2,1-2H3;6*1H4. The topological polar surface area (TPSA) is 188 Å². The molecular weight excluding hydrogens is 624 g/mol. The van der Waals surface area contributed by atoms with Crippen molar-refractivity contribution in [3.05, 3.63) is 74.1 Å². The maximum Gasteiger partial charge on any atom is 0.419 e. The minimum absolute atomic E-state index is 0. The zero-order valence-electron chi connectivity index (χ0n) is 23.9. The van der Waals surface area contributed by atoms with Crippen LogP contribution in [0.5, 0.6) is 0 Å². The summed E-state index contributed by atoms with van der Waals surface area (Å²) in [5.74, 6) is -5.12. The molecule has 2 aromatic carbocycles. The SMILES string of the molecule is C.C.C.C.C.C.CCOC(=O)C1C(=O)Nc2ccc(C)cc2C1=O.CCOC(=O)CC(=O)OCC.Cc1ccc2[nH]c(=O)oc(=O)c2c1. The van der Waals surface area contributed by atoms with Gasteiger partial charge in [-0.3, -0.25) is 29.0 Å². The van der Waals surface area contributed by atoms with Gasteiger partial charge in [-0.25, -0.2) is 9.59 Å². The van der Waals surface area contributed by atoms with E-state index in [1.807, 2.05) is 19.9 Å². The van der Waals surface area contributed by atoms with Crippen LogP contribution in [0.3, 0.4) is 0 Å². The third-order valence-corrected chi connectivity index (χ3v) is 5.46. The van der Waals surface area contributed by atoms with Gasteiger partial charge in [0.2, 0.25) is 5.91 Å². The maximum atomic E-state index is 12.1. The van der Waals surface area contributed by atoms with Gasteiger partial charge in [-0.05, 0) is 58.9 Å². The minimum atomic E-state index is -1.39. The van der Waals surface area contributed by atoms with Crippen LogP contribution in [-0.4, -0.2) is 54.4 Å². The zero-order chi connectivity index (χ0) is 31.4. The Morgan fingerprint density at radius 1 is 0.729 bits per heavy atom. The van der Waals surface area contributed by atoms with Crippen LogP contribution in [0.2, 0.25) is 0 Å². The number of aryl methyl sites for hydroxylation is 2. The molecule has 2 N–H and O–H groups in total. The zero-order valence-corrected chi connectivity index (χ0v) is 23.9. The van der Waals surface area contributed by atoms with E-state index < -0.39 is 46.9 Å². The summed E-state index contributed by atoms with van der Waals surface area (Å²) in [4.78, 5) is 81.1. The van der Waals surface area contributed by atoms with Crippen molar-refractivity contribution in [1.82, 2.24) is 4.98 Å². The van der Waals surface area contributed by atoms with E-state index in [-0.39, 0.29) is 70.8 Å². The number of Topliss-reactive ketones (excluding diaryl/α,β-unsaturated/α-hetero) is 1. The van der Waals surface area contributed by atoms with Crippen molar-refractivity contribution in [1.29, 1.82) is 0 Å². The van der Waals surface area contributed by atoms with Crippen molar-refractivity contribution in [3.63, 3.8) is 0 Å². The first kappa shape index (κ1) is 52.5. The molecule has 0 saturated heterocycles. The molecule has 1 amide bonds. The molecule has 2 heterocycles. The van der Waals surface area contributed by atoms with Gasteiger partial charge in [-0.15, -0.1) is 0 Å². The molecule has 0 radical (unpaired) electrons. The number of aromatic nitrogens is 1. The van der Waals surface area contributed by atoms with Crippen molar-refractivity contribution in [3.8, 4) is 0 Å². The molecule has 13 nitrogen and oxygen atoms in total. The van der Waals surface area contributed by atoms with E-state index in [9.17, 15) is 33.6 Å². The molecular formula is C35H56N2O11. The summed E-state index contributed by atoms with van der Waals surface area (Å²) in [5, 5.41) is 2.95. The normalized spacial score (nSPS) is 11.6. The van der Waals surface area contributed by atoms with Crippen LogP contribution in [0.25, 0.3) is 10.9 Å². The van der Waals surface area contributed by atoms with Gasteiger partial charge in [-0.2, -0.15) is 0 Å². The Kier molecular flexibility index (Phi) is 27.4. The lowest BCUT2D eigenvalue weighted by molar-refractivity contribution is -0.154. The first-order valence-corrected chi connectivity index (χ1v) is 13.0. The second-order valence-electron chi connectivity index (χ2n) is 8.73. The molecule has 1 aliphatic heterocycles. The third kappa shape index (κ3) is 15.0. The van der Waals surface area contributed by atoms with Crippen LogP contribution in [0, 0.1) is 19.8 Å². The van der Waals surface area contributed by atoms with Gasteiger partial charge in [0.05, 0.1) is 36.4 Å². The first-order valence-electron chi connectivity index (χ1n) is 13.0. The fourth-order valence-electron chi connectivity index (χ4n) is 3.64. The molecule has 1 atom stereocenters. The minimum Gasteiger partial charge on any atom is -0.466 e. The average Bonchev–Trinajstić information content (AvgIpc) is 2.91. The average molecular weight is 681 g/mol. The molecule has 4 rings (SSSR count). The summed E-state index contributed by atoms with van der Waals surface area (Å²) < 4.78 is 18.2. The van der Waals surface area contributed by atoms with Crippen LogP contribution < -0.4 is 16.7 Å². The number of aromatic amines is 1. The first-order chi connectivity index (χ1) is 19.9. The molecule has 1 aliphatic rings. The van der Waals surface area contributed by atoms with E-state index in [2.05, 4.69) is 24.2 Å². The van der Waals surface area contributed by atoms with Gasteiger partial charge in [0, 0.05) is 5.56 Å². The summed E-state index contributed by atoms with van der Waals surface area (Å²) in [6, 6.07) is 10.3. The molecule has 1 aromatic heterocycles. The van der Waals surface area contributed by atoms with Crippen LogP contribution in [0.15, 0.2) is 50.4 Å². The van der Waals surface area contributed by atoms with Gasteiger partial charge >= 0.3 is 29.3 Å². The maximum absolute atomic E-state index is 12.1. The largest absolute Gasteiger partial charge is 0.466 e. The molecule has 0 bridgehead atoms. The number of H-pyrrole nitrogens is 1. The number of benzene rings is 2. The molecule has 48 heavy (non-hydrogen) atoms. The van der Waals surface area contributed by atoms with E-state index in [0.29, 0.717) is 22.2 Å². The van der Waals surface area contributed by atoms with Gasteiger partial charge in [0.25, 0.3) is 0 Å². The highest BCUT2D eigenvalue weighted by atomic mass is 16.6.